The van der Waals surface area contributed by atoms with Gasteiger partial charge < -0.3 is 10.3 Å². The zero-order valence-corrected chi connectivity index (χ0v) is 20.3. The Morgan fingerprint density at radius 3 is 2.69 bits per heavy atom. The molecule has 36 heavy (non-hydrogen) atoms. The Balaban J connectivity index is 1.57. The first kappa shape index (κ1) is 23.4. The number of allylic oxidation sites excluding steroid dienone is 3. The lowest BCUT2D eigenvalue weighted by atomic mass is 10.00. The molecule has 5 aromatic rings. The monoisotopic (exact) mass is 478 g/mol. The van der Waals surface area contributed by atoms with Crippen molar-refractivity contribution in [3.05, 3.63) is 96.6 Å². The predicted octanol–water partition coefficient (Wildman–Crippen LogP) is 6.43. The van der Waals surface area contributed by atoms with E-state index in [2.05, 4.69) is 63.3 Å². The Hall–Kier alpha value is -4.36. The largest absolute Gasteiger partial charge is 0.335 e. The van der Waals surface area contributed by atoms with Gasteiger partial charge in [-0.1, -0.05) is 49.9 Å². The molecule has 0 spiro atoms. The molecule has 0 atom stereocenters. The molecule has 0 amide bonds. The average Bonchev–Trinajstić information content (AvgIpc) is 3.53. The molecular weight excluding hydrogens is 451 g/mol. The first-order valence-electron chi connectivity index (χ1n) is 11.9. The van der Waals surface area contributed by atoms with Gasteiger partial charge in [-0.2, -0.15) is 5.10 Å². The van der Waals surface area contributed by atoms with Crippen molar-refractivity contribution >= 4 is 27.5 Å². The first-order chi connectivity index (χ1) is 17.6. The average molecular weight is 479 g/mol. The number of nitrogens with zero attached hydrogens (tertiary/aromatic N) is 3. The fraction of sp³-hybridized carbons (Fsp3) is 0.138. The van der Waals surface area contributed by atoms with E-state index in [1.54, 1.807) is 24.5 Å². The summed E-state index contributed by atoms with van der Waals surface area (Å²) >= 11 is 0. The molecule has 0 aliphatic rings. The third-order valence-electron chi connectivity index (χ3n) is 6.16. The van der Waals surface area contributed by atoms with Gasteiger partial charge in [-0.3, -0.25) is 10.1 Å². The first-order valence-corrected chi connectivity index (χ1v) is 11.9. The van der Waals surface area contributed by atoms with Crippen LogP contribution in [0, 0.1) is 5.82 Å². The third kappa shape index (κ3) is 4.48. The number of nitrogens with one attached hydrogen (secondary N) is 3. The summed E-state index contributed by atoms with van der Waals surface area (Å²) in [5.74, 6) is 0.360. The maximum absolute atomic E-state index is 13.4. The van der Waals surface area contributed by atoms with E-state index in [9.17, 15) is 4.39 Å². The highest BCUT2D eigenvalue weighted by atomic mass is 19.1. The summed E-state index contributed by atoms with van der Waals surface area (Å²) in [5.41, 5.74) is 8.17. The summed E-state index contributed by atoms with van der Waals surface area (Å²) in [7, 11) is 0. The van der Waals surface area contributed by atoms with Gasteiger partial charge in [-0.05, 0) is 60.0 Å². The van der Waals surface area contributed by atoms with E-state index in [1.165, 1.54) is 12.1 Å². The van der Waals surface area contributed by atoms with Crippen LogP contribution in [0.25, 0.3) is 50.2 Å². The number of imidazole rings is 1. The lowest BCUT2D eigenvalue weighted by Gasteiger charge is -2.07. The minimum Gasteiger partial charge on any atom is -0.335 e. The van der Waals surface area contributed by atoms with Crippen LogP contribution in [0.2, 0.25) is 0 Å². The Bertz CT molecular complexity index is 1600. The molecule has 0 aliphatic carbocycles. The van der Waals surface area contributed by atoms with Crippen molar-refractivity contribution in [1.29, 1.82) is 0 Å². The number of halogens is 1. The van der Waals surface area contributed by atoms with Gasteiger partial charge in [-0.25, -0.2) is 9.37 Å². The Morgan fingerprint density at radius 2 is 1.94 bits per heavy atom. The van der Waals surface area contributed by atoms with Crippen molar-refractivity contribution < 1.29 is 4.39 Å². The van der Waals surface area contributed by atoms with Crippen molar-refractivity contribution in [2.45, 2.75) is 13.8 Å². The van der Waals surface area contributed by atoms with Crippen LogP contribution in [0.4, 0.5) is 4.39 Å². The number of aromatic nitrogens is 5. The van der Waals surface area contributed by atoms with Gasteiger partial charge >= 0.3 is 0 Å². The smallest absolute Gasteiger partial charge is 0.159 e. The maximum atomic E-state index is 13.4. The molecule has 0 aliphatic heterocycles. The fourth-order valence-corrected chi connectivity index (χ4v) is 4.24. The maximum Gasteiger partial charge on any atom is 0.159 e. The van der Waals surface area contributed by atoms with Gasteiger partial charge in [0.05, 0.1) is 22.7 Å². The van der Waals surface area contributed by atoms with Crippen LogP contribution in [0.5, 0.6) is 0 Å². The summed E-state index contributed by atoms with van der Waals surface area (Å²) in [4.78, 5) is 12.6. The molecule has 7 heteroatoms. The van der Waals surface area contributed by atoms with E-state index in [0.29, 0.717) is 5.82 Å². The van der Waals surface area contributed by atoms with Crippen LogP contribution in [0.15, 0.2) is 85.2 Å². The molecule has 0 radical (unpaired) electrons. The van der Waals surface area contributed by atoms with Crippen molar-refractivity contribution in [3.63, 3.8) is 0 Å². The van der Waals surface area contributed by atoms with Crippen LogP contribution in [-0.2, 0) is 0 Å². The minimum absolute atomic E-state index is 0.280. The molecule has 0 fully saturated rings. The predicted molar refractivity (Wildman–Crippen MR) is 145 cm³/mol. The Morgan fingerprint density at radius 1 is 1.11 bits per heavy atom. The Kier molecular flexibility index (Phi) is 6.56. The van der Waals surface area contributed by atoms with Gasteiger partial charge in [-0.15, -0.1) is 0 Å². The number of likely N-dealkylation sites (N-methyl/N-ethyl adjacent to an activating group) is 1. The molecule has 0 unspecified atom stereocenters. The van der Waals surface area contributed by atoms with Crippen LogP contribution < -0.4 is 5.32 Å². The SMILES string of the molecule is C=C/C(=C\C(=C/C)c1ccc2[nH]nc(-c3nc4c(-c5ccc(F)cc5)cncc4[nH]3)c2c1)CNCC. The highest BCUT2D eigenvalue weighted by Gasteiger charge is 2.16. The van der Waals surface area contributed by atoms with Crippen molar-refractivity contribution in [3.8, 4) is 22.6 Å². The normalized spacial score (nSPS) is 12.5. The topological polar surface area (TPSA) is 82.3 Å². The third-order valence-corrected chi connectivity index (χ3v) is 6.16. The second-order valence-corrected chi connectivity index (χ2v) is 8.46. The summed E-state index contributed by atoms with van der Waals surface area (Å²) in [6.45, 7) is 9.74. The highest BCUT2D eigenvalue weighted by molar-refractivity contribution is 5.98. The molecule has 0 bridgehead atoms. The van der Waals surface area contributed by atoms with E-state index in [0.717, 1.165) is 68.6 Å². The van der Waals surface area contributed by atoms with E-state index in [-0.39, 0.29) is 5.82 Å². The highest BCUT2D eigenvalue weighted by Crippen LogP contribution is 2.32. The fourth-order valence-electron chi connectivity index (χ4n) is 4.24. The van der Waals surface area contributed by atoms with Crippen LogP contribution in [0.3, 0.4) is 0 Å². The number of benzene rings is 2. The second kappa shape index (κ2) is 10.1. The molecule has 3 heterocycles. The molecule has 3 aromatic heterocycles. The molecule has 0 saturated heterocycles. The summed E-state index contributed by atoms with van der Waals surface area (Å²) in [6, 6.07) is 12.6. The zero-order chi connectivity index (χ0) is 25.1. The number of fused-ring (bicyclic) bond motifs is 2. The second-order valence-electron chi connectivity index (χ2n) is 8.46. The van der Waals surface area contributed by atoms with Crippen LogP contribution in [0.1, 0.15) is 19.4 Å². The van der Waals surface area contributed by atoms with E-state index in [1.807, 2.05) is 19.1 Å². The van der Waals surface area contributed by atoms with Crippen LogP contribution >= 0.6 is 0 Å². The van der Waals surface area contributed by atoms with Gasteiger partial charge in [0.1, 0.15) is 11.5 Å². The van der Waals surface area contributed by atoms with Gasteiger partial charge in [0.15, 0.2) is 5.82 Å². The summed E-state index contributed by atoms with van der Waals surface area (Å²) < 4.78 is 13.4. The molecule has 6 nitrogen and oxygen atoms in total. The molecule has 180 valence electrons. The van der Waals surface area contributed by atoms with E-state index in [4.69, 9.17) is 4.98 Å². The van der Waals surface area contributed by atoms with E-state index >= 15 is 0 Å². The number of aromatic amines is 2. The number of H-pyrrole nitrogens is 2. The molecule has 2 aromatic carbocycles. The van der Waals surface area contributed by atoms with Gasteiger partial charge in [0.25, 0.3) is 0 Å². The number of hydrogen-bond donors (Lipinski definition) is 3. The number of hydrogen-bond acceptors (Lipinski definition) is 4. The lowest BCUT2D eigenvalue weighted by Crippen LogP contribution is -2.15. The number of rotatable bonds is 8. The molecule has 3 N–H and O–H groups in total. The number of pyridine rings is 1. The van der Waals surface area contributed by atoms with Crippen LogP contribution in [-0.4, -0.2) is 38.2 Å². The summed E-state index contributed by atoms with van der Waals surface area (Å²) in [6.07, 6.45) is 9.62. The van der Waals surface area contributed by atoms with Gasteiger partial charge in [0, 0.05) is 23.7 Å². The van der Waals surface area contributed by atoms with E-state index < -0.39 is 0 Å². The molecular formula is C29H27FN6. The Labute approximate surface area is 208 Å². The quantitative estimate of drug-likeness (QED) is 0.224. The summed E-state index contributed by atoms with van der Waals surface area (Å²) in [5, 5.41) is 12.0. The van der Waals surface area contributed by atoms with Gasteiger partial charge in [0.2, 0.25) is 0 Å². The van der Waals surface area contributed by atoms with Crippen molar-refractivity contribution in [2.75, 3.05) is 13.1 Å². The van der Waals surface area contributed by atoms with Crippen molar-refractivity contribution in [1.82, 2.24) is 30.5 Å². The minimum atomic E-state index is -0.280. The van der Waals surface area contributed by atoms with Crippen molar-refractivity contribution in [2.24, 2.45) is 0 Å². The lowest BCUT2D eigenvalue weighted by molar-refractivity contribution is 0.628. The molecule has 0 saturated carbocycles. The molecule has 5 rings (SSSR count). The zero-order valence-electron chi connectivity index (χ0n) is 20.3. The standard InChI is InChI=1S/C29H27FN6/c1-4-18(15-31-6-3)13-19(5-2)21-9-12-25-23(14-21)28(36-35-25)29-33-26-17-32-16-24(27(26)34-29)20-7-10-22(30)11-8-20/h4-5,7-14,16-17,31H,1,6,15H2,2-3H3,(H,33,34)(H,35,36)/b18-13+,19-5+.